The molecule has 1 aromatic rings. The molecule has 0 aromatic heterocycles. The monoisotopic (exact) mass is 289 g/mol. The molecule has 3 rings (SSSR count). The number of carbonyl (C=O) groups is 1. The maximum atomic E-state index is 12.0. The summed E-state index contributed by atoms with van der Waals surface area (Å²) in [5.41, 5.74) is 1.34. The van der Waals surface area contributed by atoms with Crippen molar-refractivity contribution >= 4 is 17.7 Å². The molecular weight excluding hydrogens is 266 g/mol. The van der Waals surface area contributed by atoms with E-state index >= 15 is 0 Å². The molecule has 0 unspecified atom stereocenters. The Morgan fingerprint density at radius 2 is 2.05 bits per heavy atom. The Bertz CT molecular complexity index is 448. The highest BCUT2D eigenvalue weighted by molar-refractivity contribution is 7.98. The first kappa shape index (κ1) is 14.0. The van der Waals surface area contributed by atoms with Crippen LogP contribution in [0.15, 0.2) is 30.3 Å². The van der Waals surface area contributed by atoms with Crippen LogP contribution in [0.3, 0.4) is 0 Å². The van der Waals surface area contributed by atoms with Crippen LogP contribution in [0, 0.1) is 11.8 Å². The predicted octanol–water partition coefficient (Wildman–Crippen LogP) is 3.61. The molecule has 0 aliphatic heterocycles. The maximum absolute atomic E-state index is 12.0. The van der Waals surface area contributed by atoms with Crippen molar-refractivity contribution in [2.45, 2.75) is 43.9 Å². The molecule has 2 fully saturated rings. The molecule has 2 bridgehead atoms. The molecule has 108 valence electrons. The van der Waals surface area contributed by atoms with Gasteiger partial charge in [0.1, 0.15) is 0 Å². The van der Waals surface area contributed by atoms with Crippen molar-refractivity contribution in [3.05, 3.63) is 35.9 Å². The molecule has 1 aromatic carbocycles. The lowest BCUT2D eigenvalue weighted by Gasteiger charge is -2.22. The van der Waals surface area contributed by atoms with E-state index in [1.165, 1.54) is 31.2 Å². The van der Waals surface area contributed by atoms with E-state index in [1.807, 2.05) is 17.8 Å². The highest BCUT2D eigenvalue weighted by Crippen LogP contribution is 2.44. The lowest BCUT2D eigenvalue weighted by Crippen LogP contribution is -2.38. The van der Waals surface area contributed by atoms with Gasteiger partial charge in [0.2, 0.25) is 5.91 Å². The number of amides is 1. The van der Waals surface area contributed by atoms with Gasteiger partial charge < -0.3 is 5.32 Å². The third-order valence-corrected chi connectivity index (χ3v) is 5.70. The average molecular weight is 289 g/mol. The zero-order valence-corrected chi connectivity index (χ0v) is 12.7. The van der Waals surface area contributed by atoms with Gasteiger partial charge in [0.05, 0.1) is 0 Å². The Morgan fingerprint density at radius 1 is 1.20 bits per heavy atom. The standard InChI is InChI=1S/C17H23NOS/c19-17(18-16-11-14-6-7-15(16)10-14)8-9-20-12-13-4-2-1-3-5-13/h1-5,14-16H,6-12H2,(H,18,19)/t14-,15-,16+/m1/s1. The zero-order valence-electron chi connectivity index (χ0n) is 11.9. The van der Waals surface area contributed by atoms with Crippen LogP contribution in [0.1, 0.15) is 37.7 Å². The summed E-state index contributed by atoms with van der Waals surface area (Å²) in [6.45, 7) is 0. The second-order valence-corrected chi connectivity index (χ2v) is 7.24. The van der Waals surface area contributed by atoms with E-state index < -0.39 is 0 Å². The Morgan fingerprint density at radius 3 is 2.75 bits per heavy atom. The normalized spacial score (nSPS) is 27.7. The topological polar surface area (TPSA) is 29.1 Å². The zero-order chi connectivity index (χ0) is 13.8. The highest BCUT2D eigenvalue weighted by Gasteiger charge is 2.39. The van der Waals surface area contributed by atoms with Crippen molar-refractivity contribution in [1.82, 2.24) is 5.32 Å². The summed E-state index contributed by atoms with van der Waals surface area (Å²) < 4.78 is 0. The average Bonchev–Trinajstić information content (AvgIpc) is 3.07. The lowest BCUT2D eigenvalue weighted by atomic mass is 9.95. The van der Waals surface area contributed by atoms with Crippen LogP contribution < -0.4 is 5.32 Å². The molecule has 0 radical (unpaired) electrons. The van der Waals surface area contributed by atoms with Crippen LogP contribution in [0.2, 0.25) is 0 Å². The van der Waals surface area contributed by atoms with Crippen LogP contribution in [-0.4, -0.2) is 17.7 Å². The van der Waals surface area contributed by atoms with E-state index in [0.29, 0.717) is 12.5 Å². The van der Waals surface area contributed by atoms with Gasteiger partial charge in [-0.25, -0.2) is 0 Å². The number of rotatable bonds is 6. The number of hydrogen-bond donors (Lipinski definition) is 1. The van der Waals surface area contributed by atoms with E-state index in [2.05, 4.69) is 29.6 Å². The molecule has 0 saturated heterocycles. The molecule has 2 saturated carbocycles. The molecule has 1 N–H and O–H groups in total. The van der Waals surface area contributed by atoms with Gasteiger partial charge in [-0.3, -0.25) is 4.79 Å². The van der Waals surface area contributed by atoms with Crippen molar-refractivity contribution in [3.8, 4) is 0 Å². The van der Waals surface area contributed by atoms with Gasteiger partial charge in [-0.1, -0.05) is 36.8 Å². The van der Waals surface area contributed by atoms with Crippen molar-refractivity contribution in [2.24, 2.45) is 11.8 Å². The van der Waals surface area contributed by atoms with E-state index in [-0.39, 0.29) is 5.91 Å². The minimum Gasteiger partial charge on any atom is -0.353 e. The summed E-state index contributed by atoms with van der Waals surface area (Å²) in [5.74, 6) is 3.85. The summed E-state index contributed by atoms with van der Waals surface area (Å²) in [6, 6.07) is 10.9. The summed E-state index contributed by atoms with van der Waals surface area (Å²) in [4.78, 5) is 12.0. The Labute approximate surface area is 125 Å². The second kappa shape index (κ2) is 6.66. The molecule has 20 heavy (non-hydrogen) atoms. The van der Waals surface area contributed by atoms with Gasteiger partial charge in [0.25, 0.3) is 0 Å². The van der Waals surface area contributed by atoms with Gasteiger partial charge in [0, 0.05) is 24.0 Å². The Kier molecular flexibility index (Phi) is 4.66. The van der Waals surface area contributed by atoms with Gasteiger partial charge in [-0.2, -0.15) is 11.8 Å². The molecule has 3 heteroatoms. The quantitative estimate of drug-likeness (QED) is 0.811. The van der Waals surface area contributed by atoms with Crippen molar-refractivity contribution in [2.75, 3.05) is 5.75 Å². The molecule has 1 amide bonds. The fourth-order valence-corrected chi connectivity index (χ4v) is 4.53. The number of fused-ring (bicyclic) bond motifs is 2. The van der Waals surface area contributed by atoms with E-state index in [9.17, 15) is 4.79 Å². The first-order valence-corrected chi connectivity index (χ1v) is 8.88. The minimum absolute atomic E-state index is 0.253. The third kappa shape index (κ3) is 3.57. The van der Waals surface area contributed by atoms with Crippen LogP contribution >= 0.6 is 11.8 Å². The van der Waals surface area contributed by atoms with Gasteiger partial charge in [0.15, 0.2) is 0 Å². The molecule has 0 spiro atoms. The molecule has 2 aliphatic carbocycles. The molecule has 2 aliphatic rings. The van der Waals surface area contributed by atoms with Crippen LogP contribution in [0.25, 0.3) is 0 Å². The predicted molar refractivity (Wildman–Crippen MR) is 84.6 cm³/mol. The number of thioether (sulfide) groups is 1. The lowest BCUT2D eigenvalue weighted by molar-refractivity contribution is -0.121. The van der Waals surface area contributed by atoms with Gasteiger partial charge >= 0.3 is 0 Å². The first-order valence-electron chi connectivity index (χ1n) is 7.72. The van der Waals surface area contributed by atoms with Crippen LogP contribution in [-0.2, 0) is 10.5 Å². The largest absolute Gasteiger partial charge is 0.353 e. The van der Waals surface area contributed by atoms with E-state index in [0.717, 1.165) is 23.3 Å². The second-order valence-electron chi connectivity index (χ2n) is 6.14. The summed E-state index contributed by atoms with van der Waals surface area (Å²) in [5, 5.41) is 3.26. The first-order chi connectivity index (χ1) is 9.81. The number of nitrogens with one attached hydrogen (secondary N) is 1. The molecular formula is C17H23NOS. The van der Waals surface area contributed by atoms with Gasteiger partial charge in [-0.05, 0) is 36.7 Å². The fourth-order valence-electron chi connectivity index (χ4n) is 3.63. The summed E-state index contributed by atoms with van der Waals surface area (Å²) >= 11 is 1.85. The third-order valence-electron chi connectivity index (χ3n) is 4.67. The Hall–Kier alpha value is -0.960. The van der Waals surface area contributed by atoms with Crippen molar-refractivity contribution in [1.29, 1.82) is 0 Å². The highest BCUT2D eigenvalue weighted by atomic mass is 32.2. The molecule has 0 heterocycles. The van der Waals surface area contributed by atoms with E-state index in [1.54, 1.807) is 0 Å². The number of hydrogen-bond acceptors (Lipinski definition) is 2. The number of carbonyl (C=O) groups excluding carboxylic acids is 1. The Balaban J connectivity index is 1.32. The van der Waals surface area contributed by atoms with Crippen molar-refractivity contribution in [3.63, 3.8) is 0 Å². The summed E-state index contributed by atoms with van der Waals surface area (Å²) in [6.07, 6.45) is 5.97. The van der Waals surface area contributed by atoms with Crippen molar-refractivity contribution < 1.29 is 4.79 Å². The molecule has 2 nitrogen and oxygen atoms in total. The maximum Gasteiger partial charge on any atom is 0.221 e. The minimum atomic E-state index is 0.253. The summed E-state index contributed by atoms with van der Waals surface area (Å²) in [7, 11) is 0. The SMILES string of the molecule is O=C(CCSCc1ccccc1)N[C@H]1C[C@@H]2CC[C@@H]1C2. The molecule has 3 atom stereocenters. The smallest absolute Gasteiger partial charge is 0.221 e. The van der Waals surface area contributed by atoms with E-state index in [4.69, 9.17) is 0 Å². The van der Waals surface area contributed by atoms with Gasteiger partial charge in [-0.15, -0.1) is 0 Å². The fraction of sp³-hybridized carbons (Fsp3) is 0.588. The van der Waals surface area contributed by atoms with Crippen LogP contribution in [0.4, 0.5) is 0 Å². The van der Waals surface area contributed by atoms with Crippen LogP contribution in [0.5, 0.6) is 0 Å². The number of benzene rings is 1.